The van der Waals surface area contributed by atoms with Crippen molar-refractivity contribution in [3.05, 3.63) is 88.6 Å². The number of hydrogen-bond donors (Lipinski definition) is 1. The summed E-state index contributed by atoms with van der Waals surface area (Å²) in [6.07, 6.45) is 3.07. The Morgan fingerprint density at radius 1 is 1.20 bits per heavy atom. The molecule has 1 N–H and O–H groups in total. The number of nitrogens with zero attached hydrogens (tertiary/aromatic N) is 3. The fourth-order valence-electron chi connectivity index (χ4n) is 3.10. The number of hydrogen-bond acceptors (Lipinski definition) is 3. The number of aryl methyl sites for hydroxylation is 1. The molecule has 0 radical (unpaired) electrons. The van der Waals surface area contributed by atoms with E-state index in [2.05, 4.69) is 23.5 Å². The molecule has 6 nitrogen and oxygen atoms in total. The van der Waals surface area contributed by atoms with Crippen LogP contribution in [-0.4, -0.2) is 25.4 Å². The van der Waals surface area contributed by atoms with Crippen LogP contribution >= 0.6 is 0 Å². The first kappa shape index (κ1) is 20.9. The standard InChI is InChI=1S/C24H23N3O3/c1-3-5-11-22-25-27(16-6-4-2)24(30)26(22)17-18-12-14-19(15-13-18)20-9-7-8-10-21(20)23(28)29/h4,7-10,12-15H,2-3,6,16-17H2,1H3,(H,28,29). The van der Waals surface area contributed by atoms with E-state index in [1.165, 1.54) is 4.68 Å². The predicted molar refractivity (Wildman–Crippen MR) is 116 cm³/mol. The van der Waals surface area contributed by atoms with E-state index < -0.39 is 5.97 Å². The van der Waals surface area contributed by atoms with Gasteiger partial charge in [0.25, 0.3) is 0 Å². The Bertz CT molecular complexity index is 1170. The zero-order chi connectivity index (χ0) is 21.5. The van der Waals surface area contributed by atoms with Crippen LogP contribution in [0.25, 0.3) is 11.1 Å². The van der Waals surface area contributed by atoms with Gasteiger partial charge in [-0.15, -0.1) is 11.7 Å². The molecule has 0 unspecified atom stereocenters. The second-order valence-electron chi connectivity index (χ2n) is 6.70. The van der Waals surface area contributed by atoms with E-state index in [0.29, 0.717) is 37.3 Å². The van der Waals surface area contributed by atoms with E-state index in [1.807, 2.05) is 37.3 Å². The van der Waals surface area contributed by atoms with E-state index in [9.17, 15) is 14.7 Å². The minimum atomic E-state index is -0.965. The number of rotatable bonds is 7. The molecule has 1 heterocycles. The van der Waals surface area contributed by atoms with Crippen molar-refractivity contribution in [3.8, 4) is 23.0 Å². The number of aromatic nitrogens is 3. The van der Waals surface area contributed by atoms with Crippen molar-refractivity contribution in [1.82, 2.24) is 14.3 Å². The van der Waals surface area contributed by atoms with Gasteiger partial charge in [0.05, 0.1) is 12.1 Å². The van der Waals surface area contributed by atoms with Gasteiger partial charge < -0.3 is 5.11 Å². The molecule has 3 rings (SSSR count). The number of allylic oxidation sites excluding steroid dienone is 1. The summed E-state index contributed by atoms with van der Waals surface area (Å²) in [5.41, 5.74) is 2.40. The lowest BCUT2D eigenvalue weighted by molar-refractivity contribution is 0.0697. The minimum Gasteiger partial charge on any atom is -0.478 e. The Balaban J connectivity index is 1.92. The van der Waals surface area contributed by atoms with Crippen molar-refractivity contribution >= 4 is 5.97 Å². The largest absolute Gasteiger partial charge is 0.478 e. The highest BCUT2D eigenvalue weighted by atomic mass is 16.4. The molecule has 0 atom stereocenters. The van der Waals surface area contributed by atoms with Crippen LogP contribution < -0.4 is 5.69 Å². The van der Waals surface area contributed by atoms with Crippen molar-refractivity contribution in [2.45, 2.75) is 32.9 Å². The SMILES string of the molecule is C=CCCn1nc(C#CCC)n(Cc2ccc(-c3ccccc3C(=O)O)cc2)c1=O. The van der Waals surface area contributed by atoms with Crippen LogP contribution in [0.15, 0.2) is 66.0 Å². The van der Waals surface area contributed by atoms with Gasteiger partial charge in [-0.2, -0.15) is 0 Å². The third kappa shape index (κ3) is 4.58. The number of carboxylic acids is 1. The summed E-state index contributed by atoms with van der Waals surface area (Å²) in [6.45, 7) is 6.42. The molecule has 0 bridgehead atoms. The molecular weight excluding hydrogens is 378 g/mol. The number of carboxylic acid groups (broad SMARTS) is 1. The summed E-state index contributed by atoms with van der Waals surface area (Å²) < 4.78 is 2.98. The van der Waals surface area contributed by atoms with Gasteiger partial charge in [0, 0.05) is 13.0 Å². The van der Waals surface area contributed by atoms with Crippen molar-refractivity contribution in [2.75, 3.05) is 0 Å². The number of carbonyl (C=O) groups is 1. The van der Waals surface area contributed by atoms with Crippen LogP contribution in [0.4, 0.5) is 0 Å². The van der Waals surface area contributed by atoms with E-state index in [1.54, 1.807) is 28.8 Å². The van der Waals surface area contributed by atoms with Crippen LogP contribution in [0.1, 0.15) is 41.5 Å². The third-order valence-electron chi connectivity index (χ3n) is 4.61. The van der Waals surface area contributed by atoms with E-state index in [4.69, 9.17) is 0 Å². The molecule has 1 aromatic heterocycles. The van der Waals surface area contributed by atoms with Crippen LogP contribution in [0, 0.1) is 11.8 Å². The maximum atomic E-state index is 12.8. The molecule has 0 amide bonds. The first-order valence-corrected chi connectivity index (χ1v) is 9.74. The average Bonchev–Trinajstić information content (AvgIpc) is 3.05. The van der Waals surface area contributed by atoms with Crippen LogP contribution in [0.5, 0.6) is 0 Å². The molecule has 0 aliphatic carbocycles. The fraction of sp³-hybridized carbons (Fsp3) is 0.208. The Morgan fingerprint density at radius 3 is 2.60 bits per heavy atom. The highest BCUT2D eigenvalue weighted by molar-refractivity contribution is 5.95. The average molecular weight is 401 g/mol. The molecule has 6 heteroatoms. The molecule has 0 spiro atoms. The first-order valence-electron chi connectivity index (χ1n) is 9.74. The summed E-state index contributed by atoms with van der Waals surface area (Å²) >= 11 is 0. The number of aromatic carboxylic acids is 1. The summed E-state index contributed by atoms with van der Waals surface area (Å²) in [5.74, 6) is 5.41. The lowest BCUT2D eigenvalue weighted by atomic mass is 9.99. The van der Waals surface area contributed by atoms with Gasteiger partial charge in [-0.1, -0.05) is 61.4 Å². The molecule has 30 heavy (non-hydrogen) atoms. The highest BCUT2D eigenvalue weighted by Crippen LogP contribution is 2.24. The Kier molecular flexibility index (Phi) is 6.66. The maximum Gasteiger partial charge on any atom is 0.347 e. The maximum absolute atomic E-state index is 12.8. The third-order valence-corrected chi connectivity index (χ3v) is 4.61. The molecule has 0 saturated carbocycles. The fourth-order valence-corrected chi connectivity index (χ4v) is 3.10. The van der Waals surface area contributed by atoms with E-state index in [0.717, 1.165) is 11.1 Å². The normalized spacial score (nSPS) is 10.3. The van der Waals surface area contributed by atoms with Crippen molar-refractivity contribution < 1.29 is 9.90 Å². The Morgan fingerprint density at radius 2 is 1.93 bits per heavy atom. The van der Waals surface area contributed by atoms with Crippen molar-refractivity contribution in [1.29, 1.82) is 0 Å². The van der Waals surface area contributed by atoms with Gasteiger partial charge >= 0.3 is 11.7 Å². The topological polar surface area (TPSA) is 77.1 Å². The first-order chi connectivity index (χ1) is 14.5. The molecule has 152 valence electrons. The monoisotopic (exact) mass is 401 g/mol. The molecule has 0 aliphatic rings. The van der Waals surface area contributed by atoms with Crippen LogP contribution in [0.3, 0.4) is 0 Å². The minimum absolute atomic E-state index is 0.211. The number of benzene rings is 2. The van der Waals surface area contributed by atoms with Crippen LogP contribution in [-0.2, 0) is 13.1 Å². The van der Waals surface area contributed by atoms with Crippen LogP contribution in [0.2, 0.25) is 0 Å². The van der Waals surface area contributed by atoms with Gasteiger partial charge in [0.1, 0.15) is 0 Å². The van der Waals surface area contributed by atoms with Gasteiger partial charge in [-0.05, 0) is 35.1 Å². The lowest BCUT2D eigenvalue weighted by Crippen LogP contribution is -2.25. The molecule has 0 aliphatic heterocycles. The van der Waals surface area contributed by atoms with E-state index in [-0.39, 0.29) is 11.3 Å². The highest BCUT2D eigenvalue weighted by Gasteiger charge is 2.13. The van der Waals surface area contributed by atoms with Gasteiger partial charge in [0.15, 0.2) is 0 Å². The molecule has 2 aromatic carbocycles. The Hall–Kier alpha value is -3.85. The smallest absolute Gasteiger partial charge is 0.347 e. The van der Waals surface area contributed by atoms with E-state index >= 15 is 0 Å². The van der Waals surface area contributed by atoms with Gasteiger partial charge in [0.2, 0.25) is 5.82 Å². The van der Waals surface area contributed by atoms with Crippen molar-refractivity contribution in [2.24, 2.45) is 0 Å². The van der Waals surface area contributed by atoms with Gasteiger partial charge in [-0.3, -0.25) is 4.57 Å². The molecule has 0 fully saturated rings. The summed E-state index contributed by atoms with van der Waals surface area (Å²) in [6, 6.07) is 14.4. The zero-order valence-corrected chi connectivity index (χ0v) is 16.8. The summed E-state index contributed by atoms with van der Waals surface area (Å²) in [7, 11) is 0. The Labute approximate surface area is 175 Å². The molecule has 0 saturated heterocycles. The molecular formula is C24H23N3O3. The lowest BCUT2D eigenvalue weighted by Gasteiger charge is -2.08. The van der Waals surface area contributed by atoms with Gasteiger partial charge in [-0.25, -0.2) is 14.3 Å². The zero-order valence-electron chi connectivity index (χ0n) is 16.8. The second-order valence-corrected chi connectivity index (χ2v) is 6.70. The second kappa shape index (κ2) is 9.57. The predicted octanol–water partition coefficient (Wildman–Crippen LogP) is 3.80. The molecule has 3 aromatic rings. The van der Waals surface area contributed by atoms with Crippen molar-refractivity contribution in [3.63, 3.8) is 0 Å². The quantitative estimate of drug-likeness (QED) is 0.483. The summed E-state index contributed by atoms with van der Waals surface area (Å²) in [5, 5.41) is 13.8. The summed E-state index contributed by atoms with van der Waals surface area (Å²) in [4.78, 5) is 24.2.